The molecule has 1 aromatic heterocycles. The molecule has 0 spiro atoms. The third kappa shape index (κ3) is 3.86. The minimum atomic E-state index is -0.235. The van der Waals surface area contributed by atoms with Gasteiger partial charge in [0.1, 0.15) is 5.82 Å². The Labute approximate surface area is 113 Å². The normalized spacial score (nSPS) is 12.3. The van der Waals surface area contributed by atoms with Crippen LogP contribution in [-0.4, -0.2) is 11.5 Å². The van der Waals surface area contributed by atoms with Crippen LogP contribution in [0.3, 0.4) is 0 Å². The molecule has 19 heavy (non-hydrogen) atoms. The van der Waals surface area contributed by atoms with E-state index in [0.717, 1.165) is 19.4 Å². The zero-order valence-electron chi connectivity index (χ0n) is 11.1. The summed E-state index contributed by atoms with van der Waals surface area (Å²) in [7, 11) is 0. The fraction of sp³-hybridized carbons (Fsp3) is 0.312. The van der Waals surface area contributed by atoms with E-state index >= 15 is 0 Å². The molecule has 0 aliphatic carbocycles. The molecule has 1 aromatic carbocycles. The van der Waals surface area contributed by atoms with Crippen LogP contribution in [0.15, 0.2) is 48.7 Å². The zero-order valence-corrected chi connectivity index (χ0v) is 11.1. The molecule has 3 heteroatoms. The maximum Gasteiger partial charge on any atom is 0.146 e. The van der Waals surface area contributed by atoms with Crippen LogP contribution in [-0.2, 0) is 6.42 Å². The van der Waals surface area contributed by atoms with E-state index < -0.39 is 0 Å². The van der Waals surface area contributed by atoms with Gasteiger partial charge in [-0.3, -0.25) is 4.98 Å². The van der Waals surface area contributed by atoms with E-state index in [1.54, 1.807) is 12.3 Å². The first-order valence-electron chi connectivity index (χ1n) is 6.69. The van der Waals surface area contributed by atoms with Crippen molar-refractivity contribution in [1.29, 1.82) is 0 Å². The summed E-state index contributed by atoms with van der Waals surface area (Å²) in [6.45, 7) is 2.83. The van der Waals surface area contributed by atoms with Crippen LogP contribution in [0.1, 0.15) is 30.6 Å². The molecular formula is C16H19FN2. The van der Waals surface area contributed by atoms with Crippen LogP contribution < -0.4 is 5.32 Å². The first-order valence-corrected chi connectivity index (χ1v) is 6.69. The Morgan fingerprint density at radius 2 is 1.95 bits per heavy atom. The van der Waals surface area contributed by atoms with Gasteiger partial charge < -0.3 is 5.32 Å². The molecule has 1 atom stereocenters. The van der Waals surface area contributed by atoms with Gasteiger partial charge in [0.2, 0.25) is 0 Å². The van der Waals surface area contributed by atoms with Crippen LogP contribution in [0.4, 0.5) is 4.39 Å². The molecule has 100 valence electrons. The molecule has 0 aliphatic rings. The number of rotatable bonds is 6. The Bertz CT molecular complexity index is 499. The Hall–Kier alpha value is -1.74. The molecule has 1 heterocycles. The van der Waals surface area contributed by atoms with Crippen LogP contribution in [0.2, 0.25) is 0 Å². The van der Waals surface area contributed by atoms with Crippen molar-refractivity contribution in [3.8, 4) is 0 Å². The number of halogens is 1. The molecule has 0 saturated carbocycles. The van der Waals surface area contributed by atoms with Crippen molar-refractivity contribution >= 4 is 0 Å². The third-order valence-corrected chi connectivity index (χ3v) is 3.13. The maximum atomic E-state index is 13.8. The van der Waals surface area contributed by atoms with Gasteiger partial charge in [0.15, 0.2) is 0 Å². The standard InChI is InChI=1S/C16H19FN2/c1-2-18-15(16-14(17)9-6-12-19-16)11-10-13-7-4-3-5-8-13/h3-9,12,15,18H,2,10-11H2,1H3. The topological polar surface area (TPSA) is 24.9 Å². The second-order valence-electron chi connectivity index (χ2n) is 4.51. The van der Waals surface area contributed by atoms with Gasteiger partial charge in [0.25, 0.3) is 0 Å². The first-order chi connectivity index (χ1) is 9.31. The predicted molar refractivity (Wildman–Crippen MR) is 75.4 cm³/mol. The van der Waals surface area contributed by atoms with E-state index in [2.05, 4.69) is 22.4 Å². The summed E-state index contributed by atoms with van der Waals surface area (Å²) in [5, 5.41) is 3.31. The number of benzene rings is 1. The van der Waals surface area contributed by atoms with Crippen molar-refractivity contribution in [2.45, 2.75) is 25.8 Å². The van der Waals surface area contributed by atoms with Gasteiger partial charge in [-0.25, -0.2) is 4.39 Å². The van der Waals surface area contributed by atoms with Crippen molar-refractivity contribution in [3.63, 3.8) is 0 Å². The molecule has 0 radical (unpaired) electrons. The molecule has 2 rings (SSSR count). The van der Waals surface area contributed by atoms with Crippen molar-refractivity contribution in [2.24, 2.45) is 0 Å². The van der Waals surface area contributed by atoms with Gasteiger partial charge in [0.05, 0.1) is 11.7 Å². The summed E-state index contributed by atoms with van der Waals surface area (Å²) in [5.74, 6) is -0.235. The number of nitrogens with one attached hydrogen (secondary N) is 1. The van der Waals surface area contributed by atoms with Gasteiger partial charge in [-0.05, 0) is 37.1 Å². The van der Waals surface area contributed by atoms with Gasteiger partial charge in [0, 0.05) is 6.20 Å². The first kappa shape index (κ1) is 13.7. The molecule has 0 fully saturated rings. The largest absolute Gasteiger partial charge is 0.309 e. The summed E-state index contributed by atoms with van der Waals surface area (Å²) >= 11 is 0. The lowest BCUT2D eigenvalue weighted by atomic mass is 10.0. The molecule has 2 aromatic rings. The van der Waals surface area contributed by atoms with E-state index in [1.165, 1.54) is 11.6 Å². The highest BCUT2D eigenvalue weighted by molar-refractivity contribution is 5.17. The Morgan fingerprint density at radius 1 is 1.16 bits per heavy atom. The summed E-state index contributed by atoms with van der Waals surface area (Å²) < 4.78 is 13.8. The molecular weight excluding hydrogens is 239 g/mol. The van der Waals surface area contributed by atoms with Crippen LogP contribution in [0.25, 0.3) is 0 Å². The highest BCUT2D eigenvalue weighted by Gasteiger charge is 2.15. The van der Waals surface area contributed by atoms with E-state index in [0.29, 0.717) is 5.69 Å². The minimum Gasteiger partial charge on any atom is -0.309 e. The van der Waals surface area contributed by atoms with Crippen molar-refractivity contribution < 1.29 is 4.39 Å². The predicted octanol–water partition coefficient (Wildman–Crippen LogP) is 3.50. The van der Waals surface area contributed by atoms with Crippen LogP contribution in [0.5, 0.6) is 0 Å². The smallest absolute Gasteiger partial charge is 0.146 e. The van der Waals surface area contributed by atoms with Crippen molar-refractivity contribution in [2.75, 3.05) is 6.54 Å². The van der Waals surface area contributed by atoms with Crippen LogP contribution in [0, 0.1) is 5.82 Å². The number of hydrogen-bond donors (Lipinski definition) is 1. The molecule has 0 amide bonds. The van der Waals surface area contributed by atoms with E-state index in [9.17, 15) is 4.39 Å². The fourth-order valence-electron chi connectivity index (χ4n) is 2.19. The van der Waals surface area contributed by atoms with E-state index in [-0.39, 0.29) is 11.9 Å². The van der Waals surface area contributed by atoms with Crippen molar-refractivity contribution in [1.82, 2.24) is 10.3 Å². The average molecular weight is 258 g/mol. The highest BCUT2D eigenvalue weighted by Crippen LogP contribution is 2.19. The number of nitrogens with zero attached hydrogens (tertiary/aromatic N) is 1. The van der Waals surface area contributed by atoms with E-state index in [4.69, 9.17) is 0 Å². The monoisotopic (exact) mass is 258 g/mol. The van der Waals surface area contributed by atoms with Crippen LogP contribution >= 0.6 is 0 Å². The lowest BCUT2D eigenvalue weighted by molar-refractivity contribution is 0.471. The Morgan fingerprint density at radius 3 is 2.63 bits per heavy atom. The quantitative estimate of drug-likeness (QED) is 0.857. The second kappa shape index (κ2) is 7.00. The number of pyridine rings is 1. The highest BCUT2D eigenvalue weighted by atomic mass is 19.1. The lowest BCUT2D eigenvalue weighted by Crippen LogP contribution is -2.23. The minimum absolute atomic E-state index is 0.0357. The summed E-state index contributed by atoms with van der Waals surface area (Å²) in [6, 6.07) is 13.3. The Balaban J connectivity index is 2.07. The van der Waals surface area contributed by atoms with E-state index in [1.807, 2.05) is 25.1 Å². The third-order valence-electron chi connectivity index (χ3n) is 3.13. The molecule has 1 N–H and O–H groups in total. The average Bonchev–Trinajstić information content (AvgIpc) is 2.45. The second-order valence-corrected chi connectivity index (χ2v) is 4.51. The summed E-state index contributed by atoms with van der Waals surface area (Å²) in [6.07, 6.45) is 3.39. The molecule has 0 saturated heterocycles. The van der Waals surface area contributed by atoms with Gasteiger partial charge in [-0.1, -0.05) is 37.3 Å². The van der Waals surface area contributed by atoms with Gasteiger partial charge >= 0.3 is 0 Å². The van der Waals surface area contributed by atoms with Crippen molar-refractivity contribution in [3.05, 3.63) is 65.7 Å². The maximum absolute atomic E-state index is 13.8. The SMILES string of the molecule is CCNC(CCc1ccccc1)c1ncccc1F. The number of aromatic nitrogens is 1. The van der Waals surface area contributed by atoms with Gasteiger partial charge in [-0.2, -0.15) is 0 Å². The molecule has 1 unspecified atom stereocenters. The molecule has 2 nitrogen and oxygen atoms in total. The zero-order chi connectivity index (χ0) is 13.5. The fourth-order valence-corrected chi connectivity index (χ4v) is 2.19. The molecule has 0 aliphatic heterocycles. The number of aryl methyl sites for hydroxylation is 1. The number of hydrogen-bond acceptors (Lipinski definition) is 2. The summed E-state index contributed by atoms with van der Waals surface area (Å²) in [5.41, 5.74) is 1.78. The molecule has 0 bridgehead atoms. The Kier molecular flexibility index (Phi) is 5.04. The van der Waals surface area contributed by atoms with Gasteiger partial charge in [-0.15, -0.1) is 0 Å². The lowest BCUT2D eigenvalue weighted by Gasteiger charge is -2.17. The summed E-state index contributed by atoms with van der Waals surface area (Å²) in [4.78, 5) is 4.17.